The average molecular weight is 574 g/mol. The highest BCUT2D eigenvalue weighted by Crippen LogP contribution is 2.29. The maximum Gasteiger partial charge on any atom is 0.267 e. The second-order valence-corrected chi connectivity index (χ2v) is 10.3. The summed E-state index contributed by atoms with van der Waals surface area (Å²) >= 11 is 0.605. The molecule has 17 heteroatoms. The molecule has 6 N–H and O–H groups in total. The molecule has 1 aromatic heterocycles. The van der Waals surface area contributed by atoms with E-state index in [4.69, 9.17) is 14.6 Å². The number of phenols is 1. The first-order valence-electron chi connectivity index (χ1n) is 11.1. The molecule has 0 aliphatic rings. The Labute approximate surface area is 221 Å². The number of sulfonamides is 1. The lowest BCUT2D eigenvalue weighted by molar-refractivity contribution is -0.123. The number of amides is 2. The molecule has 2 amide bonds. The minimum Gasteiger partial charge on any atom is -0.505 e. The molecular formula is C21H27N5O10S2. The molecular weight excluding hydrogens is 546 g/mol. The number of aromatic hydroxyl groups is 1. The van der Waals surface area contributed by atoms with Gasteiger partial charge in [-0.05, 0) is 18.1 Å². The zero-order chi connectivity index (χ0) is 28.1. The topological polar surface area (TPSA) is 237 Å². The van der Waals surface area contributed by atoms with Crippen LogP contribution >= 0.6 is 11.3 Å². The number of hydrogen-bond acceptors (Lipinski definition) is 13. The number of Topliss-reactive ketones (excluding diaryl/α,β-unsaturated/α-hetero) is 1. The van der Waals surface area contributed by atoms with Gasteiger partial charge in [-0.3, -0.25) is 24.5 Å². The third kappa shape index (κ3) is 10.2. The molecule has 0 aliphatic carbocycles. The maximum atomic E-state index is 12.1. The highest BCUT2D eigenvalue weighted by atomic mass is 32.2. The number of primary sulfonamides is 1. The van der Waals surface area contributed by atoms with E-state index >= 15 is 0 Å². The number of carbonyl (C=O) groups is 4. The van der Waals surface area contributed by atoms with Gasteiger partial charge in [0.05, 0.1) is 31.1 Å². The molecule has 0 aliphatic heterocycles. The van der Waals surface area contributed by atoms with Crippen molar-refractivity contribution in [2.75, 3.05) is 37.1 Å². The molecule has 15 nitrogen and oxygen atoms in total. The third-order valence-corrected chi connectivity index (χ3v) is 6.89. The van der Waals surface area contributed by atoms with Crippen molar-refractivity contribution < 1.29 is 47.3 Å². The van der Waals surface area contributed by atoms with Gasteiger partial charge in [-0.1, -0.05) is 17.4 Å². The van der Waals surface area contributed by atoms with E-state index in [0.717, 1.165) is 0 Å². The SMILES string of the molecule is NS(=O)(=O)c1nnc(NC(=O)COCCOCCCC(=O)CCC(=O)Nc2ccc(CO)c(C=O)c2O)s1. The van der Waals surface area contributed by atoms with Crippen molar-refractivity contribution >= 4 is 56.1 Å². The van der Waals surface area contributed by atoms with Crippen molar-refractivity contribution in [3.05, 3.63) is 23.3 Å². The third-order valence-electron chi connectivity index (χ3n) is 4.75. The fourth-order valence-electron chi connectivity index (χ4n) is 2.90. The van der Waals surface area contributed by atoms with Gasteiger partial charge in [-0.25, -0.2) is 13.6 Å². The number of nitrogens with one attached hydrogen (secondary N) is 2. The molecule has 0 fully saturated rings. The molecule has 1 aromatic carbocycles. The number of nitrogens with zero attached hydrogens (tertiary/aromatic N) is 2. The van der Waals surface area contributed by atoms with Gasteiger partial charge in [0.15, 0.2) is 6.29 Å². The Balaban J connectivity index is 1.54. The molecule has 0 saturated heterocycles. The van der Waals surface area contributed by atoms with Crippen molar-refractivity contribution in [1.29, 1.82) is 0 Å². The van der Waals surface area contributed by atoms with Crippen LogP contribution in [0.5, 0.6) is 5.75 Å². The summed E-state index contributed by atoms with van der Waals surface area (Å²) in [5.41, 5.74) is 0.104. The predicted molar refractivity (Wildman–Crippen MR) is 133 cm³/mol. The van der Waals surface area contributed by atoms with E-state index in [-0.39, 0.29) is 73.4 Å². The molecule has 208 valence electrons. The number of aliphatic hydroxyl groups is 1. The molecule has 0 bridgehead atoms. The second kappa shape index (κ2) is 15.2. The molecule has 38 heavy (non-hydrogen) atoms. The number of aldehydes is 1. The normalized spacial score (nSPS) is 11.2. The van der Waals surface area contributed by atoms with Crippen molar-refractivity contribution in [3.8, 4) is 5.75 Å². The number of rotatable bonds is 17. The van der Waals surface area contributed by atoms with Gasteiger partial charge >= 0.3 is 0 Å². The fourth-order valence-corrected chi connectivity index (χ4v) is 4.25. The summed E-state index contributed by atoms with van der Waals surface area (Å²) in [6, 6.07) is 2.75. The highest BCUT2D eigenvalue weighted by molar-refractivity contribution is 7.91. The minimum absolute atomic E-state index is 0.00577. The Hall–Kier alpha value is -3.35. The number of benzene rings is 1. The first kappa shape index (κ1) is 30.9. The number of phenolic OH excluding ortho intramolecular Hbond substituents is 1. The van der Waals surface area contributed by atoms with E-state index in [1.165, 1.54) is 12.1 Å². The summed E-state index contributed by atoms with van der Waals surface area (Å²) in [6.45, 7) is -0.252. The number of ether oxygens (including phenoxy) is 2. The second-order valence-electron chi connectivity index (χ2n) is 7.63. The van der Waals surface area contributed by atoms with Crippen LogP contribution in [0.15, 0.2) is 16.5 Å². The summed E-state index contributed by atoms with van der Waals surface area (Å²) in [6.07, 6.45) is 0.838. The van der Waals surface area contributed by atoms with Gasteiger partial charge in [-0.15, -0.1) is 10.2 Å². The lowest BCUT2D eigenvalue weighted by Gasteiger charge is -2.11. The molecule has 1 heterocycles. The van der Waals surface area contributed by atoms with Crippen LogP contribution in [0.4, 0.5) is 10.8 Å². The smallest absolute Gasteiger partial charge is 0.267 e. The van der Waals surface area contributed by atoms with Crippen molar-refractivity contribution in [2.24, 2.45) is 5.14 Å². The largest absolute Gasteiger partial charge is 0.505 e. The first-order valence-corrected chi connectivity index (χ1v) is 13.5. The van der Waals surface area contributed by atoms with E-state index < -0.39 is 38.5 Å². The van der Waals surface area contributed by atoms with E-state index in [9.17, 15) is 37.8 Å². The molecule has 0 saturated carbocycles. The summed E-state index contributed by atoms with van der Waals surface area (Å²) in [4.78, 5) is 46.9. The number of hydrogen-bond donors (Lipinski definition) is 5. The van der Waals surface area contributed by atoms with E-state index in [0.29, 0.717) is 24.0 Å². The molecule has 2 rings (SSSR count). The zero-order valence-electron chi connectivity index (χ0n) is 20.0. The summed E-state index contributed by atoms with van der Waals surface area (Å²) < 4.78 is 32.3. The number of nitrogens with two attached hydrogens (primary N) is 1. The number of ketones is 1. The maximum absolute atomic E-state index is 12.1. The van der Waals surface area contributed by atoms with Gasteiger partial charge in [0.2, 0.25) is 15.4 Å². The fraction of sp³-hybridized carbons (Fsp3) is 0.429. The van der Waals surface area contributed by atoms with Gasteiger partial charge in [0.25, 0.3) is 15.9 Å². The van der Waals surface area contributed by atoms with E-state index in [1.807, 2.05) is 0 Å². The molecule has 2 aromatic rings. The quantitative estimate of drug-likeness (QED) is 0.0724. The zero-order valence-corrected chi connectivity index (χ0v) is 21.7. The minimum atomic E-state index is -4.00. The van der Waals surface area contributed by atoms with E-state index in [2.05, 4.69) is 20.8 Å². The Morgan fingerprint density at radius 1 is 1.03 bits per heavy atom. The number of carbonyl (C=O) groups excluding carboxylic acids is 4. The van der Waals surface area contributed by atoms with E-state index in [1.54, 1.807) is 0 Å². The van der Waals surface area contributed by atoms with Crippen molar-refractivity contribution in [2.45, 2.75) is 36.6 Å². The monoisotopic (exact) mass is 573 g/mol. The first-order chi connectivity index (χ1) is 18.0. The van der Waals surface area contributed by atoms with Crippen LogP contribution in [0.25, 0.3) is 0 Å². The summed E-state index contributed by atoms with van der Waals surface area (Å²) in [7, 11) is -4.00. The molecule has 0 atom stereocenters. The van der Waals surface area contributed by atoms with Gasteiger partial charge in [0, 0.05) is 25.9 Å². The van der Waals surface area contributed by atoms with Crippen LogP contribution in [0.3, 0.4) is 0 Å². The Morgan fingerprint density at radius 3 is 2.42 bits per heavy atom. The lowest BCUT2D eigenvalue weighted by atomic mass is 10.1. The van der Waals surface area contributed by atoms with Crippen LogP contribution in [-0.4, -0.2) is 79.1 Å². The van der Waals surface area contributed by atoms with Crippen LogP contribution in [0, 0.1) is 0 Å². The van der Waals surface area contributed by atoms with Crippen LogP contribution in [0.2, 0.25) is 0 Å². The number of aliphatic hydroxyl groups excluding tert-OH is 1. The van der Waals surface area contributed by atoms with Crippen molar-refractivity contribution in [1.82, 2.24) is 10.2 Å². The van der Waals surface area contributed by atoms with Gasteiger partial charge in [0.1, 0.15) is 18.1 Å². The average Bonchev–Trinajstić information content (AvgIpc) is 3.34. The Morgan fingerprint density at radius 2 is 1.76 bits per heavy atom. The van der Waals surface area contributed by atoms with Gasteiger partial charge in [-0.2, -0.15) is 0 Å². The van der Waals surface area contributed by atoms with Crippen LogP contribution in [-0.2, 0) is 40.5 Å². The Kier molecular flexibility index (Phi) is 12.3. The lowest BCUT2D eigenvalue weighted by Crippen LogP contribution is -2.19. The van der Waals surface area contributed by atoms with Crippen molar-refractivity contribution in [3.63, 3.8) is 0 Å². The highest BCUT2D eigenvalue weighted by Gasteiger charge is 2.17. The number of aromatic nitrogens is 2. The van der Waals surface area contributed by atoms with Gasteiger partial charge < -0.3 is 25.0 Å². The number of anilines is 2. The molecule has 0 radical (unpaired) electrons. The molecule has 0 spiro atoms. The Bertz CT molecular complexity index is 1250. The summed E-state index contributed by atoms with van der Waals surface area (Å²) in [5, 5.41) is 35.7. The standard InChI is InChI=1S/C21H27N5O10S2/c22-38(33,34)21-26-25-20(37-21)24-18(31)12-36-9-8-35-7-1-2-14(29)4-6-17(30)23-16-5-3-13(10-27)15(11-28)19(16)32/h3,5,11,27,32H,1-2,4,6-10,12H2,(H,23,30)(H2,22,33,34)(H,24,25,31). The summed E-state index contributed by atoms with van der Waals surface area (Å²) in [5.74, 6) is -1.70. The van der Waals surface area contributed by atoms with Crippen LogP contribution in [0.1, 0.15) is 41.6 Å². The van der Waals surface area contributed by atoms with Crippen LogP contribution < -0.4 is 15.8 Å². The molecule has 0 unspecified atom stereocenters. The predicted octanol–water partition coefficient (Wildman–Crippen LogP) is -0.0642.